The van der Waals surface area contributed by atoms with E-state index in [0.29, 0.717) is 6.54 Å². The number of carbonyl (C=O) groups excluding carboxylic acids is 1. The van der Waals surface area contributed by atoms with E-state index in [-0.39, 0.29) is 12.1 Å². The lowest BCUT2D eigenvalue weighted by atomic mass is 10.00. The smallest absolute Gasteiger partial charge is 0.317 e. The minimum atomic E-state index is 0.0201. The van der Waals surface area contributed by atoms with Crippen LogP contribution < -0.4 is 5.32 Å². The molecular formula is C18H22N6OS. The molecule has 4 rings (SSSR count). The zero-order valence-electron chi connectivity index (χ0n) is 14.5. The topological polar surface area (TPSA) is 75.9 Å². The summed E-state index contributed by atoms with van der Waals surface area (Å²) in [6.45, 7) is 2.17. The summed E-state index contributed by atoms with van der Waals surface area (Å²) in [5.41, 5.74) is 2.83. The number of nitrogens with zero attached hydrogens (tertiary/aromatic N) is 5. The van der Waals surface area contributed by atoms with E-state index in [1.165, 1.54) is 18.1 Å². The second-order valence-corrected chi connectivity index (χ2v) is 7.18. The first-order valence-electron chi connectivity index (χ1n) is 9.03. The molecule has 1 fully saturated rings. The van der Waals surface area contributed by atoms with Crippen molar-refractivity contribution in [2.75, 3.05) is 6.54 Å². The van der Waals surface area contributed by atoms with Crippen LogP contribution in [0.1, 0.15) is 31.2 Å². The minimum absolute atomic E-state index is 0.0201. The third-order valence-corrected chi connectivity index (χ3v) is 5.46. The summed E-state index contributed by atoms with van der Waals surface area (Å²) in [5, 5.41) is 7.32. The van der Waals surface area contributed by atoms with Gasteiger partial charge in [0.15, 0.2) is 0 Å². The van der Waals surface area contributed by atoms with Gasteiger partial charge in [-0.25, -0.2) is 4.79 Å². The molecule has 2 amide bonds. The molecule has 0 bridgehead atoms. The standard InChI is InChI=1S/C18H22N6OS/c25-18(19-13-14-5-6-16-17(12-14)22-26-21-16)24-10-2-1-4-15(24)7-11-23-9-3-8-20-23/h3,5-6,8-9,12,15H,1-2,4,7,10-11,13H2,(H,19,25)/t15-/m1/s1. The van der Waals surface area contributed by atoms with Gasteiger partial charge in [-0.3, -0.25) is 4.68 Å². The Morgan fingerprint density at radius 3 is 3.08 bits per heavy atom. The average Bonchev–Trinajstić information content (AvgIpc) is 3.35. The second kappa shape index (κ2) is 7.82. The van der Waals surface area contributed by atoms with E-state index in [2.05, 4.69) is 19.2 Å². The summed E-state index contributed by atoms with van der Waals surface area (Å²) in [6.07, 6.45) is 8.01. The predicted molar refractivity (Wildman–Crippen MR) is 101 cm³/mol. The fourth-order valence-corrected chi connectivity index (χ4v) is 4.02. The van der Waals surface area contributed by atoms with E-state index in [1.54, 1.807) is 6.20 Å². The quantitative estimate of drug-likeness (QED) is 0.749. The lowest BCUT2D eigenvalue weighted by Gasteiger charge is -2.35. The Morgan fingerprint density at radius 2 is 2.19 bits per heavy atom. The number of nitrogens with one attached hydrogen (secondary N) is 1. The summed E-state index contributed by atoms with van der Waals surface area (Å²) >= 11 is 1.21. The number of aromatic nitrogens is 4. The molecular weight excluding hydrogens is 348 g/mol. The number of urea groups is 1. The molecule has 0 radical (unpaired) electrons. The average molecular weight is 370 g/mol. The number of amides is 2. The van der Waals surface area contributed by atoms with E-state index < -0.39 is 0 Å². The van der Waals surface area contributed by atoms with Crippen molar-refractivity contribution in [3.8, 4) is 0 Å². The highest BCUT2D eigenvalue weighted by Crippen LogP contribution is 2.20. The van der Waals surface area contributed by atoms with Gasteiger partial charge >= 0.3 is 6.03 Å². The third kappa shape index (κ3) is 3.85. The molecule has 7 nitrogen and oxygen atoms in total. The zero-order chi connectivity index (χ0) is 17.8. The van der Waals surface area contributed by atoms with Crippen LogP contribution in [0, 0.1) is 0 Å². The molecule has 1 N–H and O–H groups in total. The Morgan fingerprint density at radius 1 is 1.27 bits per heavy atom. The van der Waals surface area contributed by atoms with Gasteiger partial charge in [-0.15, -0.1) is 0 Å². The predicted octanol–water partition coefficient (Wildman–Crippen LogP) is 3.04. The molecule has 26 heavy (non-hydrogen) atoms. The Kier molecular flexibility index (Phi) is 5.10. The first-order chi connectivity index (χ1) is 12.8. The van der Waals surface area contributed by atoms with E-state index in [9.17, 15) is 4.79 Å². The monoisotopic (exact) mass is 370 g/mol. The Labute approximate surface area is 156 Å². The summed E-state index contributed by atoms with van der Waals surface area (Å²) in [6, 6.07) is 8.17. The van der Waals surface area contributed by atoms with Crippen molar-refractivity contribution < 1.29 is 4.79 Å². The van der Waals surface area contributed by atoms with Crippen LogP contribution >= 0.6 is 11.7 Å². The molecule has 0 saturated carbocycles. The number of hydrogen-bond acceptors (Lipinski definition) is 5. The molecule has 1 aromatic carbocycles. The molecule has 1 aliphatic heterocycles. The number of carbonyl (C=O) groups is 1. The summed E-state index contributed by atoms with van der Waals surface area (Å²) in [7, 11) is 0. The molecule has 136 valence electrons. The van der Waals surface area contributed by atoms with Crippen LogP contribution in [0.2, 0.25) is 0 Å². The van der Waals surface area contributed by atoms with Crippen molar-refractivity contribution in [3.63, 3.8) is 0 Å². The van der Waals surface area contributed by atoms with Crippen molar-refractivity contribution in [3.05, 3.63) is 42.2 Å². The maximum Gasteiger partial charge on any atom is 0.317 e. The number of rotatable bonds is 5. The molecule has 1 saturated heterocycles. The fourth-order valence-electron chi connectivity index (χ4n) is 3.50. The van der Waals surface area contributed by atoms with Gasteiger partial charge in [0.05, 0.1) is 11.7 Å². The maximum absolute atomic E-state index is 12.7. The van der Waals surface area contributed by atoms with Gasteiger partial charge in [0.25, 0.3) is 0 Å². The van der Waals surface area contributed by atoms with E-state index >= 15 is 0 Å². The normalized spacial score (nSPS) is 17.5. The Hall–Kier alpha value is -2.48. The van der Waals surface area contributed by atoms with Gasteiger partial charge in [0, 0.05) is 38.1 Å². The summed E-state index contributed by atoms with van der Waals surface area (Å²) in [5.74, 6) is 0. The van der Waals surface area contributed by atoms with Crippen molar-refractivity contribution in [1.82, 2.24) is 28.7 Å². The molecule has 3 aromatic rings. The van der Waals surface area contributed by atoms with E-state index in [4.69, 9.17) is 0 Å². The first-order valence-corrected chi connectivity index (χ1v) is 9.76. The van der Waals surface area contributed by atoms with Crippen molar-refractivity contribution >= 4 is 28.8 Å². The van der Waals surface area contributed by atoms with Crippen LogP contribution in [-0.2, 0) is 13.1 Å². The molecule has 0 unspecified atom stereocenters. The number of hydrogen-bond donors (Lipinski definition) is 1. The van der Waals surface area contributed by atoms with Crippen molar-refractivity contribution in [2.45, 2.75) is 44.8 Å². The van der Waals surface area contributed by atoms with Crippen molar-refractivity contribution in [2.24, 2.45) is 0 Å². The fraction of sp³-hybridized carbons (Fsp3) is 0.444. The zero-order valence-corrected chi connectivity index (χ0v) is 15.4. The largest absolute Gasteiger partial charge is 0.334 e. The highest BCUT2D eigenvalue weighted by Gasteiger charge is 2.26. The molecule has 8 heteroatoms. The summed E-state index contributed by atoms with van der Waals surface area (Å²) < 4.78 is 10.4. The Bertz CT molecular complexity index is 862. The highest BCUT2D eigenvalue weighted by molar-refractivity contribution is 7.00. The minimum Gasteiger partial charge on any atom is -0.334 e. The summed E-state index contributed by atoms with van der Waals surface area (Å²) in [4.78, 5) is 14.7. The van der Waals surface area contributed by atoms with E-state index in [0.717, 1.165) is 48.9 Å². The number of piperidine rings is 1. The molecule has 1 atom stereocenters. The van der Waals surface area contributed by atoms with Crippen LogP contribution in [0.5, 0.6) is 0 Å². The maximum atomic E-state index is 12.7. The van der Waals surface area contributed by atoms with Crippen LogP contribution in [0.3, 0.4) is 0 Å². The van der Waals surface area contributed by atoms with Gasteiger partial charge in [-0.1, -0.05) is 6.07 Å². The van der Waals surface area contributed by atoms with Crippen LogP contribution in [0.4, 0.5) is 4.79 Å². The van der Waals surface area contributed by atoms with E-state index in [1.807, 2.05) is 40.0 Å². The van der Waals surface area contributed by atoms with Gasteiger partial charge in [0.2, 0.25) is 0 Å². The van der Waals surface area contributed by atoms with Crippen molar-refractivity contribution in [1.29, 1.82) is 0 Å². The third-order valence-electron chi connectivity index (χ3n) is 4.90. The number of aryl methyl sites for hydroxylation is 1. The van der Waals surface area contributed by atoms with Crippen LogP contribution in [0.25, 0.3) is 11.0 Å². The SMILES string of the molecule is O=C(NCc1ccc2nsnc2c1)N1CCCC[C@@H]1CCn1cccn1. The number of likely N-dealkylation sites (tertiary alicyclic amines) is 1. The molecule has 0 aliphatic carbocycles. The van der Waals surface area contributed by atoms with Gasteiger partial charge in [-0.05, 0) is 49.4 Å². The molecule has 0 spiro atoms. The molecule has 2 aromatic heterocycles. The van der Waals surface area contributed by atoms with Gasteiger partial charge in [-0.2, -0.15) is 13.8 Å². The van der Waals surface area contributed by atoms with Crippen LogP contribution in [0.15, 0.2) is 36.7 Å². The number of fused-ring (bicyclic) bond motifs is 1. The molecule has 1 aliphatic rings. The number of benzene rings is 1. The van der Waals surface area contributed by atoms with Crippen LogP contribution in [-0.4, -0.2) is 42.0 Å². The lowest BCUT2D eigenvalue weighted by Crippen LogP contribution is -2.48. The van der Waals surface area contributed by atoms with Gasteiger partial charge < -0.3 is 10.2 Å². The second-order valence-electron chi connectivity index (χ2n) is 6.65. The first kappa shape index (κ1) is 17.0. The van der Waals surface area contributed by atoms with Gasteiger partial charge in [0.1, 0.15) is 11.0 Å². The Balaban J connectivity index is 1.35. The lowest BCUT2D eigenvalue weighted by molar-refractivity contribution is 0.143. The molecule has 3 heterocycles. The highest BCUT2D eigenvalue weighted by atomic mass is 32.1.